The first-order chi connectivity index (χ1) is 8.52. The second-order valence-electron chi connectivity index (χ2n) is 4.89. The average molecular weight is 252 g/mol. The predicted molar refractivity (Wildman–Crippen MR) is 73.9 cm³/mol. The Balaban J connectivity index is 2.24. The molecule has 0 amide bonds. The van der Waals surface area contributed by atoms with Crippen LogP contribution in [0.1, 0.15) is 25.8 Å². The lowest BCUT2D eigenvalue weighted by Gasteiger charge is -2.20. The van der Waals surface area contributed by atoms with E-state index in [-0.39, 0.29) is 11.5 Å². The maximum Gasteiger partial charge on any atom is 0.161 e. The first kappa shape index (κ1) is 14.8. The topological polar surface area (TPSA) is 55.7 Å². The lowest BCUT2D eigenvalue weighted by molar-refractivity contribution is 0.269. The van der Waals surface area contributed by atoms with Gasteiger partial charge in [-0.3, -0.25) is 0 Å². The molecular weight excluding hydrogens is 228 g/mol. The molecule has 0 unspecified atom stereocenters. The van der Waals surface area contributed by atoms with Crippen molar-refractivity contribution in [2.75, 3.05) is 20.1 Å². The molecule has 0 aliphatic carbocycles. The Morgan fingerprint density at radius 2 is 2.00 bits per heavy atom. The van der Waals surface area contributed by atoms with Crippen molar-refractivity contribution in [3.8, 4) is 11.5 Å². The normalized spacial score (nSPS) is 11.4. The Kier molecular flexibility index (Phi) is 5.95. The van der Waals surface area contributed by atoms with Crippen molar-refractivity contribution < 1.29 is 10.2 Å². The summed E-state index contributed by atoms with van der Waals surface area (Å²) in [6, 6.07) is 5.59. The maximum absolute atomic E-state index is 9.62. The molecule has 0 atom stereocenters. The second kappa shape index (κ2) is 7.24. The number of benzene rings is 1. The number of rotatable bonds is 7. The first-order valence-corrected chi connectivity index (χ1v) is 6.43. The molecule has 0 aliphatic rings. The number of hydrogen-bond acceptors (Lipinski definition) is 4. The summed E-state index contributed by atoms with van der Waals surface area (Å²) in [5.74, 6) is -0.0851. The standard InChI is InChI=1S/C14H24N2O2/c1-11(2)16(3)9-5-8-15-10-12-6-4-7-13(17)14(12)18/h4,6-7,11,15,17-18H,5,8-10H2,1-3H3. The quantitative estimate of drug-likeness (QED) is 0.512. The van der Waals surface area contributed by atoms with E-state index >= 15 is 0 Å². The molecule has 0 aliphatic heterocycles. The smallest absolute Gasteiger partial charge is 0.161 e. The summed E-state index contributed by atoms with van der Waals surface area (Å²) in [7, 11) is 2.12. The Labute approximate surface area is 109 Å². The van der Waals surface area contributed by atoms with Gasteiger partial charge in [0.1, 0.15) is 0 Å². The van der Waals surface area contributed by atoms with E-state index in [9.17, 15) is 10.2 Å². The minimum absolute atomic E-state index is 0.0238. The van der Waals surface area contributed by atoms with Gasteiger partial charge in [-0.1, -0.05) is 12.1 Å². The van der Waals surface area contributed by atoms with E-state index in [4.69, 9.17) is 0 Å². The van der Waals surface area contributed by atoms with E-state index in [0.717, 1.165) is 25.1 Å². The van der Waals surface area contributed by atoms with E-state index in [2.05, 4.69) is 31.1 Å². The fraction of sp³-hybridized carbons (Fsp3) is 0.571. The maximum atomic E-state index is 9.62. The van der Waals surface area contributed by atoms with Crippen LogP contribution in [-0.2, 0) is 6.54 Å². The van der Waals surface area contributed by atoms with E-state index < -0.39 is 0 Å². The summed E-state index contributed by atoms with van der Waals surface area (Å²) in [6.07, 6.45) is 1.06. The molecule has 1 rings (SSSR count). The molecule has 0 heterocycles. The van der Waals surface area contributed by atoms with Gasteiger partial charge in [0.2, 0.25) is 0 Å². The molecule has 0 bridgehead atoms. The molecule has 3 N–H and O–H groups in total. The van der Waals surface area contributed by atoms with Crippen molar-refractivity contribution in [1.29, 1.82) is 0 Å². The van der Waals surface area contributed by atoms with Crippen LogP contribution >= 0.6 is 0 Å². The van der Waals surface area contributed by atoms with Crippen molar-refractivity contribution in [1.82, 2.24) is 10.2 Å². The molecule has 0 saturated carbocycles. The van der Waals surface area contributed by atoms with Crippen LogP contribution in [0, 0.1) is 0 Å². The van der Waals surface area contributed by atoms with Gasteiger partial charge in [-0.05, 0) is 46.5 Å². The second-order valence-corrected chi connectivity index (χ2v) is 4.89. The number of para-hydroxylation sites is 1. The molecular formula is C14H24N2O2. The molecule has 0 fully saturated rings. The van der Waals surface area contributed by atoms with Crippen molar-refractivity contribution in [2.45, 2.75) is 32.9 Å². The molecule has 102 valence electrons. The van der Waals surface area contributed by atoms with Crippen LogP contribution < -0.4 is 5.32 Å². The highest BCUT2D eigenvalue weighted by Crippen LogP contribution is 2.27. The van der Waals surface area contributed by atoms with E-state index in [0.29, 0.717) is 12.6 Å². The van der Waals surface area contributed by atoms with Gasteiger partial charge in [0.25, 0.3) is 0 Å². The molecule has 0 spiro atoms. The predicted octanol–water partition coefficient (Wildman–Crippen LogP) is 1.92. The SMILES string of the molecule is CC(C)N(C)CCCNCc1cccc(O)c1O. The highest BCUT2D eigenvalue weighted by molar-refractivity contribution is 5.44. The van der Waals surface area contributed by atoms with Crippen LogP contribution in [0.15, 0.2) is 18.2 Å². The Morgan fingerprint density at radius 1 is 1.28 bits per heavy atom. The van der Waals surface area contributed by atoms with Crippen LogP contribution in [0.4, 0.5) is 0 Å². The lowest BCUT2D eigenvalue weighted by Crippen LogP contribution is -2.29. The number of nitrogens with zero attached hydrogens (tertiary/aromatic N) is 1. The molecule has 4 nitrogen and oxygen atoms in total. The summed E-state index contributed by atoms with van der Waals surface area (Å²) in [6.45, 7) is 6.88. The van der Waals surface area contributed by atoms with E-state index in [1.165, 1.54) is 6.07 Å². The third kappa shape index (κ3) is 4.55. The zero-order valence-corrected chi connectivity index (χ0v) is 11.5. The van der Waals surface area contributed by atoms with Crippen molar-refractivity contribution in [3.63, 3.8) is 0 Å². The Morgan fingerprint density at radius 3 is 2.67 bits per heavy atom. The molecule has 18 heavy (non-hydrogen) atoms. The van der Waals surface area contributed by atoms with Gasteiger partial charge in [-0.2, -0.15) is 0 Å². The summed E-state index contributed by atoms with van der Waals surface area (Å²) in [4.78, 5) is 2.30. The zero-order valence-electron chi connectivity index (χ0n) is 11.5. The molecule has 4 heteroatoms. The number of hydrogen-bond donors (Lipinski definition) is 3. The first-order valence-electron chi connectivity index (χ1n) is 6.43. The van der Waals surface area contributed by atoms with Crippen LogP contribution in [0.2, 0.25) is 0 Å². The van der Waals surface area contributed by atoms with Crippen molar-refractivity contribution >= 4 is 0 Å². The largest absolute Gasteiger partial charge is 0.504 e. The molecule has 1 aromatic rings. The molecule has 1 aromatic carbocycles. The summed E-state index contributed by atoms with van der Waals surface area (Å²) in [5, 5.41) is 22.2. The molecule has 0 radical (unpaired) electrons. The van der Waals surface area contributed by atoms with Gasteiger partial charge in [-0.15, -0.1) is 0 Å². The number of phenolic OH excluding ortho intramolecular Hbond substituents is 2. The van der Waals surface area contributed by atoms with E-state index in [1.807, 2.05) is 6.07 Å². The van der Waals surface area contributed by atoms with E-state index in [1.54, 1.807) is 6.07 Å². The summed E-state index contributed by atoms with van der Waals surface area (Å²) < 4.78 is 0. The molecule has 0 saturated heterocycles. The Hall–Kier alpha value is -1.26. The fourth-order valence-electron chi connectivity index (χ4n) is 1.66. The van der Waals surface area contributed by atoms with Gasteiger partial charge in [0.15, 0.2) is 11.5 Å². The minimum atomic E-state index is -0.0613. The summed E-state index contributed by atoms with van der Waals surface area (Å²) in [5.41, 5.74) is 0.729. The van der Waals surface area contributed by atoms with Crippen molar-refractivity contribution in [2.24, 2.45) is 0 Å². The minimum Gasteiger partial charge on any atom is -0.504 e. The van der Waals surface area contributed by atoms with Crippen LogP contribution in [-0.4, -0.2) is 41.3 Å². The van der Waals surface area contributed by atoms with Gasteiger partial charge >= 0.3 is 0 Å². The third-order valence-electron chi connectivity index (χ3n) is 3.16. The highest BCUT2D eigenvalue weighted by atomic mass is 16.3. The van der Waals surface area contributed by atoms with Gasteiger partial charge in [-0.25, -0.2) is 0 Å². The van der Waals surface area contributed by atoms with Crippen LogP contribution in [0.3, 0.4) is 0 Å². The van der Waals surface area contributed by atoms with Gasteiger partial charge in [0, 0.05) is 18.2 Å². The number of phenols is 2. The lowest BCUT2D eigenvalue weighted by atomic mass is 10.2. The fourth-order valence-corrected chi connectivity index (χ4v) is 1.66. The third-order valence-corrected chi connectivity index (χ3v) is 3.16. The number of aromatic hydroxyl groups is 2. The Bertz CT molecular complexity index is 367. The average Bonchev–Trinajstić information content (AvgIpc) is 2.33. The number of nitrogens with one attached hydrogen (secondary N) is 1. The monoisotopic (exact) mass is 252 g/mol. The summed E-state index contributed by atoms with van der Waals surface area (Å²) >= 11 is 0. The highest BCUT2D eigenvalue weighted by Gasteiger charge is 2.05. The van der Waals surface area contributed by atoms with Gasteiger partial charge < -0.3 is 20.4 Å². The van der Waals surface area contributed by atoms with Crippen LogP contribution in [0.5, 0.6) is 11.5 Å². The molecule has 0 aromatic heterocycles. The zero-order chi connectivity index (χ0) is 13.5. The van der Waals surface area contributed by atoms with Crippen LogP contribution in [0.25, 0.3) is 0 Å². The van der Waals surface area contributed by atoms with Gasteiger partial charge in [0.05, 0.1) is 0 Å². The van der Waals surface area contributed by atoms with Crippen molar-refractivity contribution in [3.05, 3.63) is 23.8 Å².